The van der Waals surface area contributed by atoms with Crippen molar-refractivity contribution in [3.63, 3.8) is 0 Å². The van der Waals surface area contributed by atoms with Crippen LogP contribution in [-0.2, 0) is 14.3 Å². The third-order valence-electron chi connectivity index (χ3n) is 4.62. The van der Waals surface area contributed by atoms with Crippen molar-refractivity contribution >= 4 is 23.9 Å². The predicted molar refractivity (Wildman–Crippen MR) is 110 cm³/mol. The SMILES string of the molecule is COC(=O)/C=C/c1ccc(OCC(=O)N2CCN(c3ncccn3)CC2)c(OC)c1. The van der Waals surface area contributed by atoms with Gasteiger partial charge in [0.15, 0.2) is 18.1 Å². The molecule has 0 spiro atoms. The quantitative estimate of drug-likeness (QED) is 0.498. The van der Waals surface area contributed by atoms with E-state index >= 15 is 0 Å². The summed E-state index contributed by atoms with van der Waals surface area (Å²) in [7, 11) is 2.83. The van der Waals surface area contributed by atoms with Gasteiger partial charge in [0.25, 0.3) is 5.91 Å². The molecule has 0 radical (unpaired) electrons. The van der Waals surface area contributed by atoms with Crippen LogP contribution in [0.25, 0.3) is 6.08 Å². The lowest BCUT2D eigenvalue weighted by atomic mass is 10.2. The molecule has 0 unspecified atom stereocenters. The molecule has 0 bridgehead atoms. The maximum Gasteiger partial charge on any atom is 0.330 e. The van der Waals surface area contributed by atoms with Crippen molar-refractivity contribution in [2.45, 2.75) is 0 Å². The van der Waals surface area contributed by atoms with Crippen molar-refractivity contribution in [2.24, 2.45) is 0 Å². The summed E-state index contributed by atoms with van der Waals surface area (Å²) in [6.45, 7) is 2.40. The standard InChI is InChI=1S/C21H24N4O5/c1-28-18-14-16(5-7-20(27)29-2)4-6-17(18)30-15-19(26)24-10-12-25(13-11-24)21-22-8-3-9-23-21/h3-9,14H,10-13,15H2,1-2H3/b7-5+. The van der Waals surface area contributed by atoms with Crippen LogP contribution in [0.2, 0.25) is 0 Å². The Bertz CT molecular complexity index is 896. The molecule has 1 fully saturated rings. The molecule has 1 aromatic carbocycles. The number of amides is 1. The first-order valence-corrected chi connectivity index (χ1v) is 9.47. The van der Waals surface area contributed by atoms with E-state index < -0.39 is 5.97 Å². The van der Waals surface area contributed by atoms with Crippen LogP contribution in [-0.4, -0.2) is 73.7 Å². The highest BCUT2D eigenvalue weighted by molar-refractivity contribution is 5.87. The molecule has 1 aliphatic heterocycles. The molecule has 0 aliphatic carbocycles. The van der Waals surface area contributed by atoms with E-state index in [0.717, 1.165) is 5.56 Å². The number of anilines is 1. The average molecular weight is 412 g/mol. The summed E-state index contributed by atoms with van der Waals surface area (Å²) in [5, 5.41) is 0. The molecule has 9 heteroatoms. The highest BCUT2D eigenvalue weighted by atomic mass is 16.5. The molecule has 1 aromatic heterocycles. The Labute approximate surface area is 174 Å². The van der Waals surface area contributed by atoms with E-state index in [1.807, 2.05) is 4.90 Å². The number of benzene rings is 1. The van der Waals surface area contributed by atoms with Gasteiger partial charge in [0, 0.05) is 44.6 Å². The third-order valence-corrected chi connectivity index (χ3v) is 4.62. The van der Waals surface area contributed by atoms with E-state index in [1.165, 1.54) is 20.3 Å². The highest BCUT2D eigenvalue weighted by Crippen LogP contribution is 2.28. The molecule has 30 heavy (non-hydrogen) atoms. The first-order chi connectivity index (χ1) is 14.6. The number of carbonyl (C=O) groups is 2. The van der Waals surface area contributed by atoms with E-state index in [2.05, 4.69) is 14.7 Å². The lowest BCUT2D eigenvalue weighted by Gasteiger charge is -2.34. The van der Waals surface area contributed by atoms with Crippen LogP contribution >= 0.6 is 0 Å². The summed E-state index contributed by atoms with van der Waals surface area (Å²) in [6.07, 6.45) is 6.34. The van der Waals surface area contributed by atoms with Gasteiger partial charge in [0.1, 0.15) is 0 Å². The fourth-order valence-electron chi connectivity index (χ4n) is 2.98. The van der Waals surface area contributed by atoms with Crippen LogP contribution in [0.5, 0.6) is 11.5 Å². The van der Waals surface area contributed by atoms with Gasteiger partial charge in [-0.1, -0.05) is 6.07 Å². The second kappa shape index (κ2) is 10.2. The molecule has 9 nitrogen and oxygen atoms in total. The summed E-state index contributed by atoms with van der Waals surface area (Å²) in [4.78, 5) is 36.1. The van der Waals surface area contributed by atoms with Gasteiger partial charge in [-0.3, -0.25) is 4.79 Å². The van der Waals surface area contributed by atoms with Gasteiger partial charge < -0.3 is 24.0 Å². The number of ether oxygens (including phenoxy) is 3. The number of methoxy groups -OCH3 is 2. The van der Waals surface area contributed by atoms with Gasteiger partial charge >= 0.3 is 5.97 Å². The molecule has 1 saturated heterocycles. The zero-order valence-corrected chi connectivity index (χ0v) is 17.0. The van der Waals surface area contributed by atoms with Gasteiger partial charge in [-0.25, -0.2) is 14.8 Å². The first-order valence-electron chi connectivity index (χ1n) is 9.47. The van der Waals surface area contributed by atoms with Crippen molar-refractivity contribution in [2.75, 3.05) is 51.9 Å². The van der Waals surface area contributed by atoms with Crippen LogP contribution in [0, 0.1) is 0 Å². The number of aromatic nitrogens is 2. The molecular formula is C21H24N4O5. The van der Waals surface area contributed by atoms with Crippen molar-refractivity contribution in [3.05, 3.63) is 48.3 Å². The molecule has 2 aromatic rings. The van der Waals surface area contributed by atoms with Gasteiger partial charge in [-0.15, -0.1) is 0 Å². The average Bonchev–Trinajstić information content (AvgIpc) is 2.81. The number of esters is 1. The van der Waals surface area contributed by atoms with Gasteiger partial charge in [0.2, 0.25) is 5.95 Å². The second-order valence-corrected chi connectivity index (χ2v) is 6.47. The van der Waals surface area contributed by atoms with E-state index in [0.29, 0.717) is 43.6 Å². The Hall–Kier alpha value is -3.62. The summed E-state index contributed by atoms with van der Waals surface area (Å²) in [5.41, 5.74) is 0.746. The number of nitrogens with zero attached hydrogens (tertiary/aromatic N) is 4. The highest BCUT2D eigenvalue weighted by Gasteiger charge is 2.23. The molecule has 0 atom stereocenters. The minimum Gasteiger partial charge on any atom is -0.493 e. The van der Waals surface area contributed by atoms with Crippen LogP contribution in [0.4, 0.5) is 5.95 Å². The van der Waals surface area contributed by atoms with Crippen molar-refractivity contribution < 1.29 is 23.8 Å². The molecular weight excluding hydrogens is 388 g/mol. The van der Waals surface area contributed by atoms with Crippen LogP contribution in [0.3, 0.4) is 0 Å². The molecule has 3 rings (SSSR count). The van der Waals surface area contributed by atoms with Crippen LogP contribution < -0.4 is 14.4 Å². The minimum atomic E-state index is -0.446. The maximum atomic E-state index is 12.5. The van der Waals surface area contributed by atoms with E-state index in [4.69, 9.17) is 9.47 Å². The Morgan fingerprint density at radius 3 is 2.47 bits per heavy atom. The molecule has 158 valence electrons. The third kappa shape index (κ3) is 5.47. The monoisotopic (exact) mass is 412 g/mol. The Kier molecular flexibility index (Phi) is 7.20. The Balaban J connectivity index is 1.53. The minimum absolute atomic E-state index is 0.0878. The topological polar surface area (TPSA) is 94.1 Å². The molecule has 0 saturated carbocycles. The fourth-order valence-corrected chi connectivity index (χ4v) is 2.98. The zero-order chi connectivity index (χ0) is 21.3. The largest absolute Gasteiger partial charge is 0.493 e. The number of hydrogen-bond donors (Lipinski definition) is 0. The predicted octanol–water partition coefficient (Wildman–Crippen LogP) is 1.40. The van der Waals surface area contributed by atoms with Gasteiger partial charge in [-0.2, -0.15) is 0 Å². The van der Waals surface area contributed by atoms with Crippen molar-refractivity contribution in [1.29, 1.82) is 0 Å². The van der Waals surface area contributed by atoms with Crippen molar-refractivity contribution in [1.82, 2.24) is 14.9 Å². The molecule has 0 N–H and O–H groups in total. The van der Waals surface area contributed by atoms with E-state index in [9.17, 15) is 9.59 Å². The normalized spacial score (nSPS) is 13.9. The maximum absolute atomic E-state index is 12.5. The molecule has 1 amide bonds. The number of hydrogen-bond acceptors (Lipinski definition) is 8. The first kappa shape index (κ1) is 21.1. The number of rotatable bonds is 7. The lowest BCUT2D eigenvalue weighted by Crippen LogP contribution is -2.50. The molecule has 1 aliphatic rings. The Morgan fingerprint density at radius 1 is 1.07 bits per heavy atom. The fraction of sp³-hybridized carbons (Fsp3) is 0.333. The second-order valence-electron chi connectivity index (χ2n) is 6.47. The molecule has 2 heterocycles. The van der Waals surface area contributed by atoms with Gasteiger partial charge in [-0.05, 0) is 29.8 Å². The zero-order valence-electron chi connectivity index (χ0n) is 17.0. The number of carbonyl (C=O) groups excluding carboxylic acids is 2. The van der Waals surface area contributed by atoms with E-state index in [-0.39, 0.29) is 12.5 Å². The summed E-state index contributed by atoms with van der Waals surface area (Å²) in [5.74, 6) is 1.06. The Morgan fingerprint density at radius 2 is 1.80 bits per heavy atom. The van der Waals surface area contributed by atoms with Crippen LogP contribution in [0.1, 0.15) is 5.56 Å². The summed E-state index contributed by atoms with van der Waals surface area (Å²) in [6, 6.07) is 6.96. The summed E-state index contributed by atoms with van der Waals surface area (Å²) >= 11 is 0. The van der Waals surface area contributed by atoms with Crippen molar-refractivity contribution in [3.8, 4) is 11.5 Å². The van der Waals surface area contributed by atoms with Gasteiger partial charge in [0.05, 0.1) is 14.2 Å². The lowest BCUT2D eigenvalue weighted by molar-refractivity contribution is -0.135. The number of piperazine rings is 1. The smallest absolute Gasteiger partial charge is 0.330 e. The van der Waals surface area contributed by atoms with Crippen LogP contribution in [0.15, 0.2) is 42.7 Å². The summed E-state index contributed by atoms with van der Waals surface area (Å²) < 4.78 is 15.6. The van der Waals surface area contributed by atoms with E-state index in [1.54, 1.807) is 47.6 Å².